The lowest BCUT2D eigenvalue weighted by molar-refractivity contribution is -0.131. The van der Waals surface area contributed by atoms with Crippen molar-refractivity contribution < 1.29 is 4.79 Å². The average Bonchev–Trinajstić information content (AvgIpc) is 3.14. The van der Waals surface area contributed by atoms with Crippen molar-refractivity contribution in [3.63, 3.8) is 0 Å². The number of halogens is 1. The summed E-state index contributed by atoms with van der Waals surface area (Å²) in [5.41, 5.74) is 2.16. The van der Waals surface area contributed by atoms with Crippen molar-refractivity contribution in [3.05, 3.63) is 66.0 Å². The van der Waals surface area contributed by atoms with Gasteiger partial charge in [-0.3, -0.25) is 9.78 Å². The molecule has 1 aromatic carbocycles. The Morgan fingerprint density at radius 1 is 1.16 bits per heavy atom. The Labute approximate surface area is 156 Å². The van der Waals surface area contributed by atoms with Crippen molar-refractivity contribution in [2.75, 3.05) is 26.7 Å². The molecule has 1 atom stereocenters. The minimum atomic E-state index is 0. The maximum atomic E-state index is 12.8. The number of carbonyl (C=O) groups is 1. The van der Waals surface area contributed by atoms with E-state index in [2.05, 4.69) is 22.0 Å². The SMILES string of the molecule is CN(C(=O)Cc1cccnc1)[C@H](CN1CCCC1)c1ccccc1.Cl. The molecule has 0 aliphatic carbocycles. The number of carbonyl (C=O) groups excluding carboxylic acids is 1. The summed E-state index contributed by atoms with van der Waals surface area (Å²) in [5.74, 6) is 0.135. The first-order chi connectivity index (χ1) is 11.7. The van der Waals surface area contributed by atoms with Gasteiger partial charge in [0.25, 0.3) is 0 Å². The van der Waals surface area contributed by atoms with Crippen LogP contribution in [0.25, 0.3) is 0 Å². The second-order valence-electron chi connectivity index (χ2n) is 6.48. The lowest BCUT2D eigenvalue weighted by atomic mass is 10.0. The lowest BCUT2D eigenvalue weighted by Crippen LogP contribution is -2.39. The van der Waals surface area contributed by atoms with E-state index in [0.717, 1.165) is 25.2 Å². The molecule has 1 fully saturated rings. The van der Waals surface area contributed by atoms with Crippen LogP contribution in [0.4, 0.5) is 0 Å². The Balaban J connectivity index is 0.00000225. The Morgan fingerprint density at radius 2 is 1.88 bits per heavy atom. The van der Waals surface area contributed by atoms with Crippen LogP contribution >= 0.6 is 12.4 Å². The molecule has 4 nitrogen and oxygen atoms in total. The fourth-order valence-electron chi connectivity index (χ4n) is 3.31. The van der Waals surface area contributed by atoms with Gasteiger partial charge >= 0.3 is 0 Å². The van der Waals surface area contributed by atoms with E-state index in [1.54, 1.807) is 12.4 Å². The van der Waals surface area contributed by atoms with Gasteiger partial charge in [0.2, 0.25) is 5.91 Å². The molecule has 0 saturated carbocycles. The second-order valence-corrected chi connectivity index (χ2v) is 6.48. The third-order valence-corrected chi connectivity index (χ3v) is 4.75. The zero-order valence-corrected chi connectivity index (χ0v) is 15.5. The van der Waals surface area contributed by atoms with Crippen LogP contribution in [0.15, 0.2) is 54.9 Å². The maximum Gasteiger partial charge on any atom is 0.227 e. The molecule has 0 spiro atoms. The molecule has 2 aromatic rings. The van der Waals surface area contributed by atoms with Gasteiger partial charge in [-0.25, -0.2) is 0 Å². The number of hydrogen-bond donors (Lipinski definition) is 0. The minimum absolute atomic E-state index is 0. The molecule has 1 aromatic heterocycles. The van der Waals surface area contributed by atoms with E-state index < -0.39 is 0 Å². The van der Waals surface area contributed by atoms with Crippen LogP contribution in [0.1, 0.15) is 30.0 Å². The van der Waals surface area contributed by atoms with Gasteiger partial charge in [0, 0.05) is 26.0 Å². The average molecular weight is 360 g/mol. The normalized spacial score (nSPS) is 15.4. The molecule has 134 valence electrons. The monoisotopic (exact) mass is 359 g/mol. The van der Waals surface area contributed by atoms with Crippen LogP contribution in [0.2, 0.25) is 0 Å². The van der Waals surface area contributed by atoms with Crippen LogP contribution in [0, 0.1) is 0 Å². The summed E-state index contributed by atoms with van der Waals surface area (Å²) < 4.78 is 0. The molecule has 0 bridgehead atoms. The van der Waals surface area contributed by atoms with Gasteiger partial charge in [-0.05, 0) is 43.1 Å². The van der Waals surface area contributed by atoms with Crippen LogP contribution in [0.3, 0.4) is 0 Å². The summed E-state index contributed by atoms with van der Waals surface area (Å²) in [4.78, 5) is 21.3. The highest BCUT2D eigenvalue weighted by Gasteiger charge is 2.25. The number of aromatic nitrogens is 1. The van der Waals surface area contributed by atoms with Gasteiger partial charge in [0.1, 0.15) is 0 Å². The molecule has 5 heteroatoms. The fraction of sp³-hybridized carbons (Fsp3) is 0.400. The quantitative estimate of drug-likeness (QED) is 0.793. The van der Waals surface area contributed by atoms with Crippen LogP contribution in [-0.2, 0) is 11.2 Å². The molecule has 1 aliphatic rings. The number of rotatable bonds is 6. The van der Waals surface area contributed by atoms with Crippen LogP contribution in [0.5, 0.6) is 0 Å². The topological polar surface area (TPSA) is 36.4 Å². The maximum absolute atomic E-state index is 12.8. The fourth-order valence-corrected chi connectivity index (χ4v) is 3.31. The number of pyridine rings is 1. The van der Waals surface area contributed by atoms with Gasteiger partial charge in [0.15, 0.2) is 0 Å². The van der Waals surface area contributed by atoms with E-state index >= 15 is 0 Å². The first kappa shape index (κ1) is 19.4. The molecule has 25 heavy (non-hydrogen) atoms. The van der Waals surface area contributed by atoms with E-state index in [4.69, 9.17) is 0 Å². The number of hydrogen-bond acceptors (Lipinski definition) is 3. The van der Waals surface area contributed by atoms with E-state index in [9.17, 15) is 4.79 Å². The van der Waals surface area contributed by atoms with E-state index in [1.165, 1.54) is 18.4 Å². The lowest BCUT2D eigenvalue weighted by Gasteiger charge is -2.32. The van der Waals surface area contributed by atoms with Crippen molar-refractivity contribution in [2.45, 2.75) is 25.3 Å². The number of likely N-dealkylation sites (N-methyl/N-ethyl adjacent to an activating group) is 1. The first-order valence-corrected chi connectivity index (χ1v) is 8.66. The highest BCUT2D eigenvalue weighted by molar-refractivity contribution is 5.85. The first-order valence-electron chi connectivity index (χ1n) is 8.66. The van der Waals surface area contributed by atoms with Crippen molar-refractivity contribution in [1.82, 2.24) is 14.8 Å². The third-order valence-electron chi connectivity index (χ3n) is 4.75. The van der Waals surface area contributed by atoms with E-state index in [1.807, 2.05) is 42.3 Å². The largest absolute Gasteiger partial charge is 0.337 e. The molecular formula is C20H26ClN3O. The molecule has 0 radical (unpaired) electrons. The Kier molecular flexibility index (Phi) is 7.41. The van der Waals surface area contributed by atoms with Crippen molar-refractivity contribution in [2.24, 2.45) is 0 Å². The highest BCUT2D eigenvalue weighted by Crippen LogP contribution is 2.23. The summed E-state index contributed by atoms with van der Waals surface area (Å²) in [6.07, 6.45) is 6.42. The minimum Gasteiger partial charge on any atom is -0.337 e. The van der Waals surface area contributed by atoms with Crippen LogP contribution in [-0.4, -0.2) is 47.4 Å². The molecule has 0 N–H and O–H groups in total. The molecule has 1 saturated heterocycles. The zero-order chi connectivity index (χ0) is 16.8. The molecule has 0 unspecified atom stereocenters. The van der Waals surface area contributed by atoms with Gasteiger partial charge in [0.05, 0.1) is 12.5 Å². The zero-order valence-electron chi connectivity index (χ0n) is 14.7. The Hall–Kier alpha value is -1.91. The summed E-state index contributed by atoms with van der Waals surface area (Å²) in [6, 6.07) is 14.3. The standard InChI is InChI=1S/C20H25N3O.ClH/c1-22(20(24)14-17-8-7-11-21-15-17)19(16-23-12-5-6-13-23)18-9-3-2-4-10-18;/h2-4,7-11,15,19H,5-6,12-14,16H2,1H3;1H/t19-;/m1./s1. The number of amides is 1. The molecule has 1 aliphatic heterocycles. The number of nitrogens with zero attached hydrogens (tertiary/aromatic N) is 3. The number of benzene rings is 1. The smallest absolute Gasteiger partial charge is 0.227 e. The van der Waals surface area contributed by atoms with Crippen molar-refractivity contribution >= 4 is 18.3 Å². The molecule has 2 heterocycles. The van der Waals surface area contributed by atoms with Gasteiger partial charge in [-0.2, -0.15) is 0 Å². The summed E-state index contributed by atoms with van der Waals surface area (Å²) >= 11 is 0. The van der Waals surface area contributed by atoms with Gasteiger partial charge < -0.3 is 9.80 Å². The van der Waals surface area contributed by atoms with E-state index in [-0.39, 0.29) is 24.4 Å². The molecule has 1 amide bonds. The number of likely N-dealkylation sites (tertiary alicyclic amines) is 1. The van der Waals surface area contributed by atoms with E-state index in [0.29, 0.717) is 6.42 Å². The van der Waals surface area contributed by atoms with Crippen LogP contribution < -0.4 is 0 Å². The summed E-state index contributed by atoms with van der Waals surface area (Å²) in [5, 5.41) is 0. The molecule has 3 rings (SSSR count). The molecular weight excluding hydrogens is 334 g/mol. The van der Waals surface area contributed by atoms with Crippen molar-refractivity contribution in [1.29, 1.82) is 0 Å². The van der Waals surface area contributed by atoms with Gasteiger partial charge in [-0.1, -0.05) is 36.4 Å². The van der Waals surface area contributed by atoms with Crippen molar-refractivity contribution in [3.8, 4) is 0 Å². The third kappa shape index (κ3) is 5.28. The summed E-state index contributed by atoms with van der Waals surface area (Å²) in [7, 11) is 1.92. The predicted octanol–water partition coefficient (Wildman–Crippen LogP) is 3.34. The second kappa shape index (κ2) is 9.54. The Morgan fingerprint density at radius 3 is 2.52 bits per heavy atom. The predicted molar refractivity (Wildman–Crippen MR) is 103 cm³/mol. The highest BCUT2D eigenvalue weighted by atomic mass is 35.5. The Bertz CT molecular complexity index is 645. The van der Waals surface area contributed by atoms with Gasteiger partial charge in [-0.15, -0.1) is 12.4 Å². The summed E-state index contributed by atoms with van der Waals surface area (Å²) in [6.45, 7) is 3.17.